The van der Waals surface area contributed by atoms with E-state index in [-0.39, 0.29) is 11.3 Å². The first kappa shape index (κ1) is 14.5. The van der Waals surface area contributed by atoms with Crippen LogP contribution < -0.4 is 5.32 Å². The number of rotatable bonds is 2. The minimum atomic E-state index is -0.0936. The van der Waals surface area contributed by atoms with Gasteiger partial charge in [-0.3, -0.25) is 4.79 Å². The summed E-state index contributed by atoms with van der Waals surface area (Å²) in [5, 5.41) is 3.24. The molecule has 0 spiro atoms. The van der Waals surface area contributed by atoms with Crippen LogP contribution in [0.1, 0.15) is 49.9 Å². The lowest BCUT2D eigenvalue weighted by molar-refractivity contribution is -0.140. The van der Waals surface area contributed by atoms with Gasteiger partial charge in [-0.15, -0.1) is 0 Å². The molecule has 4 nitrogen and oxygen atoms in total. The second-order valence-electron chi connectivity index (χ2n) is 8.58. The molecule has 1 amide bonds. The Morgan fingerprint density at radius 3 is 2.38 bits per heavy atom. The number of anilines is 1. The van der Waals surface area contributed by atoms with Gasteiger partial charge < -0.3 is 9.72 Å². The lowest BCUT2D eigenvalue weighted by atomic mass is 9.49. The third kappa shape index (κ3) is 2.04. The highest BCUT2D eigenvalue weighted by Gasteiger charge is 2.54. The smallest absolute Gasteiger partial charge is 0.230 e. The minimum absolute atomic E-state index is 0.0936. The van der Waals surface area contributed by atoms with Gasteiger partial charge in [0.2, 0.25) is 5.91 Å². The Bertz CT molecular complexity index is 799. The van der Waals surface area contributed by atoms with Gasteiger partial charge in [0, 0.05) is 11.9 Å². The average molecular weight is 323 g/mol. The summed E-state index contributed by atoms with van der Waals surface area (Å²) in [5.41, 5.74) is 3.92. The third-order valence-corrected chi connectivity index (χ3v) is 6.87. The molecule has 126 valence electrons. The summed E-state index contributed by atoms with van der Waals surface area (Å²) in [5.74, 6) is 2.64. The maximum Gasteiger partial charge on any atom is 0.230 e. The van der Waals surface area contributed by atoms with Crippen molar-refractivity contribution in [2.24, 2.45) is 23.2 Å². The number of nitrogens with one attached hydrogen (secondary N) is 1. The Morgan fingerprint density at radius 1 is 1.12 bits per heavy atom. The van der Waals surface area contributed by atoms with E-state index in [4.69, 9.17) is 0 Å². The molecule has 4 aliphatic carbocycles. The normalized spacial score (nSPS) is 34.0. The van der Waals surface area contributed by atoms with Crippen LogP contribution in [0.5, 0.6) is 0 Å². The van der Waals surface area contributed by atoms with Gasteiger partial charge in [0.25, 0.3) is 0 Å². The molecular weight excluding hydrogens is 298 g/mol. The predicted octanol–water partition coefficient (Wildman–Crippen LogP) is 4.11. The predicted molar refractivity (Wildman–Crippen MR) is 93.9 cm³/mol. The van der Waals surface area contributed by atoms with Crippen LogP contribution in [0.4, 0.5) is 5.69 Å². The molecule has 1 N–H and O–H groups in total. The second kappa shape index (κ2) is 4.84. The second-order valence-corrected chi connectivity index (χ2v) is 8.58. The molecule has 0 unspecified atom stereocenters. The number of imidazole rings is 1. The highest BCUT2D eigenvalue weighted by Crippen LogP contribution is 2.60. The first-order chi connectivity index (χ1) is 11.5. The van der Waals surface area contributed by atoms with Gasteiger partial charge in [0.1, 0.15) is 5.65 Å². The lowest BCUT2D eigenvalue weighted by Gasteiger charge is -2.55. The van der Waals surface area contributed by atoms with E-state index in [1.165, 1.54) is 19.3 Å². The first-order valence-corrected chi connectivity index (χ1v) is 9.29. The van der Waals surface area contributed by atoms with Crippen molar-refractivity contribution in [3.05, 3.63) is 29.7 Å². The van der Waals surface area contributed by atoms with E-state index in [0.29, 0.717) is 0 Å². The van der Waals surface area contributed by atoms with Crippen LogP contribution >= 0.6 is 0 Å². The number of carbonyl (C=O) groups excluding carboxylic acids is 1. The zero-order chi connectivity index (χ0) is 16.5. The Balaban J connectivity index is 1.43. The van der Waals surface area contributed by atoms with Crippen LogP contribution in [-0.4, -0.2) is 15.3 Å². The molecule has 0 aromatic carbocycles. The van der Waals surface area contributed by atoms with Gasteiger partial charge in [0.05, 0.1) is 16.8 Å². The van der Waals surface area contributed by atoms with Gasteiger partial charge in [-0.05, 0) is 82.3 Å². The Labute approximate surface area is 142 Å². The average Bonchev–Trinajstić information content (AvgIpc) is 2.81. The number of aromatic nitrogens is 2. The Hall–Kier alpha value is -1.84. The van der Waals surface area contributed by atoms with E-state index in [1.54, 1.807) is 0 Å². The van der Waals surface area contributed by atoms with E-state index in [0.717, 1.165) is 59.7 Å². The van der Waals surface area contributed by atoms with Gasteiger partial charge in [-0.25, -0.2) is 4.98 Å². The largest absolute Gasteiger partial charge is 0.324 e. The number of hydrogen-bond donors (Lipinski definition) is 1. The van der Waals surface area contributed by atoms with Crippen molar-refractivity contribution in [3.63, 3.8) is 0 Å². The molecule has 6 rings (SSSR count). The number of amides is 1. The molecule has 2 aromatic rings. The summed E-state index contributed by atoms with van der Waals surface area (Å²) in [6.45, 7) is 4.09. The molecule has 4 fully saturated rings. The molecule has 4 aliphatic rings. The lowest BCUT2D eigenvalue weighted by Crippen LogP contribution is -2.51. The molecule has 24 heavy (non-hydrogen) atoms. The molecule has 2 heterocycles. The monoisotopic (exact) mass is 323 g/mol. The van der Waals surface area contributed by atoms with Crippen molar-refractivity contribution < 1.29 is 4.79 Å². The zero-order valence-electron chi connectivity index (χ0n) is 14.5. The zero-order valence-corrected chi connectivity index (χ0v) is 14.5. The van der Waals surface area contributed by atoms with Gasteiger partial charge in [-0.2, -0.15) is 0 Å². The van der Waals surface area contributed by atoms with E-state index in [2.05, 4.69) is 21.6 Å². The maximum atomic E-state index is 13.2. The van der Waals surface area contributed by atoms with Gasteiger partial charge >= 0.3 is 0 Å². The topological polar surface area (TPSA) is 46.4 Å². The van der Waals surface area contributed by atoms with Crippen LogP contribution in [0.3, 0.4) is 0 Å². The Kier molecular flexibility index (Phi) is 2.92. The van der Waals surface area contributed by atoms with Gasteiger partial charge in [-0.1, -0.05) is 0 Å². The molecule has 0 aliphatic heterocycles. The molecule has 4 saturated carbocycles. The highest BCUT2D eigenvalue weighted by atomic mass is 16.2. The fourth-order valence-corrected chi connectivity index (χ4v) is 6.01. The number of nitrogens with zero attached hydrogens (tertiary/aromatic N) is 2. The summed E-state index contributed by atoms with van der Waals surface area (Å²) in [6, 6.07) is 3.98. The summed E-state index contributed by atoms with van der Waals surface area (Å²) < 4.78 is 2.07. The fraction of sp³-hybridized carbons (Fsp3) is 0.600. The van der Waals surface area contributed by atoms with E-state index < -0.39 is 0 Å². The number of aryl methyl sites for hydroxylation is 2. The number of carbonyl (C=O) groups is 1. The summed E-state index contributed by atoms with van der Waals surface area (Å²) >= 11 is 0. The van der Waals surface area contributed by atoms with Crippen molar-refractivity contribution in [1.82, 2.24) is 9.38 Å². The number of pyridine rings is 1. The Morgan fingerprint density at radius 2 is 1.75 bits per heavy atom. The fourth-order valence-electron chi connectivity index (χ4n) is 6.01. The molecule has 0 radical (unpaired) electrons. The van der Waals surface area contributed by atoms with Crippen molar-refractivity contribution >= 4 is 17.2 Å². The standard InChI is InChI=1S/C20H25N3O/c1-12-13(2)23-11-17(3-4-18(23)21-12)22-19(24)20-8-14-5-15(9-20)7-16(6-14)10-20/h3-4,11,14-16H,5-10H2,1-2H3,(H,22,24). The van der Waals surface area contributed by atoms with Crippen LogP contribution in [0, 0.1) is 37.0 Å². The van der Waals surface area contributed by atoms with E-state index >= 15 is 0 Å². The molecule has 0 saturated heterocycles. The summed E-state index contributed by atoms with van der Waals surface area (Å²) in [4.78, 5) is 17.7. The van der Waals surface area contributed by atoms with Gasteiger partial charge in [0.15, 0.2) is 0 Å². The minimum Gasteiger partial charge on any atom is -0.324 e. The highest BCUT2D eigenvalue weighted by molar-refractivity contribution is 5.95. The van der Waals surface area contributed by atoms with Crippen LogP contribution in [0.25, 0.3) is 5.65 Å². The van der Waals surface area contributed by atoms with Crippen molar-refractivity contribution in [1.29, 1.82) is 0 Å². The summed E-state index contributed by atoms with van der Waals surface area (Å²) in [7, 11) is 0. The van der Waals surface area contributed by atoms with Crippen LogP contribution in [0.15, 0.2) is 18.3 Å². The van der Waals surface area contributed by atoms with Crippen LogP contribution in [0.2, 0.25) is 0 Å². The maximum absolute atomic E-state index is 13.2. The molecular formula is C20H25N3O. The molecule has 4 bridgehead atoms. The number of hydrogen-bond acceptors (Lipinski definition) is 2. The molecule has 2 aromatic heterocycles. The third-order valence-electron chi connectivity index (χ3n) is 6.87. The first-order valence-electron chi connectivity index (χ1n) is 9.29. The SMILES string of the molecule is Cc1nc2ccc(NC(=O)C34CC5CC(CC(C5)C3)C4)cn2c1C. The van der Waals surface area contributed by atoms with Crippen LogP contribution in [-0.2, 0) is 4.79 Å². The van der Waals surface area contributed by atoms with E-state index in [9.17, 15) is 4.79 Å². The van der Waals surface area contributed by atoms with E-state index in [1.807, 2.05) is 25.3 Å². The van der Waals surface area contributed by atoms with Crippen molar-refractivity contribution in [2.75, 3.05) is 5.32 Å². The van der Waals surface area contributed by atoms with Crippen molar-refractivity contribution in [3.8, 4) is 0 Å². The molecule has 0 atom stereocenters. The quantitative estimate of drug-likeness (QED) is 0.904. The molecule has 4 heteroatoms. The van der Waals surface area contributed by atoms with Crippen molar-refractivity contribution in [2.45, 2.75) is 52.4 Å². The number of fused-ring (bicyclic) bond motifs is 1. The summed E-state index contributed by atoms with van der Waals surface area (Å²) in [6.07, 6.45) is 9.44.